The summed E-state index contributed by atoms with van der Waals surface area (Å²) in [4.78, 5) is 21.5. The number of aromatic carboxylic acids is 1. The lowest BCUT2D eigenvalue weighted by atomic mass is 10.1. The molecule has 0 bridgehead atoms. The molecule has 0 aliphatic carbocycles. The molecule has 2 rings (SSSR count). The highest BCUT2D eigenvalue weighted by molar-refractivity contribution is 6.05. The van der Waals surface area contributed by atoms with Gasteiger partial charge in [0.05, 0.1) is 12.7 Å². The molecule has 1 aromatic heterocycles. The van der Waals surface area contributed by atoms with E-state index in [0.717, 1.165) is 0 Å². The van der Waals surface area contributed by atoms with Crippen LogP contribution in [0.2, 0.25) is 0 Å². The largest absolute Gasteiger partial charge is 0.493 e. The van der Waals surface area contributed by atoms with Gasteiger partial charge in [0.1, 0.15) is 0 Å². The normalized spacial score (nSPS) is 10.3. The van der Waals surface area contributed by atoms with Crippen LogP contribution in [0, 0.1) is 0 Å². The zero-order chi connectivity index (χ0) is 11.7. The van der Waals surface area contributed by atoms with Crippen LogP contribution in [0.3, 0.4) is 0 Å². The van der Waals surface area contributed by atoms with Gasteiger partial charge in [-0.2, -0.15) is 0 Å². The van der Waals surface area contributed by atoms with Gasteiger partial charge in [-0.15, -0.1) is 0 Å². The Morgan fingerprint density at radius 3 is 2.81 bits per heavy atom. The summed E-state index contributed by atoms with van der Waals surface area (Å²) in [5, 5.41) is 9.31. The molecule has 0 aliphatic rings. The second-order valence-corrected chi connectivity index (χ2v) is 3.13. The molecular weight excluding hydrogens is 212 g/mol. The number of carbonyl (C=O) groups excluding carboxylic acids is 1. The lowest BCUT2D eigenvalue weighted by molar-refractivity contribution is 0.0699. The number of benzene rings is 1. The molecule has 0 saturated heterocycles. The second-order valence-electron chi connectivity index (χ2n) is 3.13. The molecule has 0 saturated carbocycles. The number of carbonyl (C=O) groups is 2. The summed E-state index contributed by atoms with van der Waals surface area (Å²) in [6.07, 6.45) is 0.519. The monoisotopic (exact) mass is 220 g/mol. The molecular formula is C11H8O5. The van der Waals surface area contributed by atoms with Crippen LogP contribution in [0.5, 0.6) is 5.75 Å². The fourth-order valence-corrected chi connectivity index (χ4v) is 1.52. The van der Waals surface area contributed by atoms with E-state index in [4.69, 9.17) is 14.3 Å². The van der Waals surface area contributed by atoms with Crippen molar-refractivity contribution in [3.63, 3.8) is 0 Å². The zero-order valence-corrected chi connectivity index (χ0v) is 8.39. The number of ether oxygens (including phenoxy) is 1. The van der Waals surface area contributed by atoms with Gasteiger partial charge in [0.15, 0.2) is 23.4 Å². The van der Waals surface area contributed by atoms with Gasteiger partial charge in [-0.05, 0) is 18.2 Å². The van der Waals surface area contributed by atoms with Crippen molar-refractivity contribution in [3.8, 4) is 5.75 Å². The van der Waals surface area contributed by atoms with E-state index in [2.05, 4.69) is 0 Å². The van der Waals surface area contributed by atoms with E-state index in [9.17, 15) is 9.59 Å². The average Bonchev–Trinajstić information content (AvgIpc) is 2.70. The highest BCUT2D eigenvalue weighted by Crippen LogP contribution is 2.31. The zero-order valence-electron chi connectivity index (χ0n) is 8.39. The molecule has 0 atom stereocenters. The first-order valence-electron chi connectivity index (χ1n) is 4.46. The van der Waals surface area contributed by atoms with Crippen molar-refractivity contribution >= 4 is 23.2 Å². The topological polar surface area (TPSA) is 76.7 Å². The average molecular weight is 220 g/mol. The molecule has 2 aromatic rings. The standard InChI is InChI=1S/C11H8O5/c1-15-9-3-2-7(11(13)14)8-4-6(5-12)16-10(8)9/h2-5H,1H3,(H,13,14). The fraction of sp³-hybridized carbons (Fsp3) is 0.0909. The third-order valence-corrected chi connectivity index (χ3v) is 2.23. The SMILES string of the molecule is COc1ccc(C(=O)O)c2cc(C=O)oc12. The minimum Gasteiger partial charge on any atom is -0.493 e. The molecule has 16 heavy (non-hydrogen) atoms. The third kappa shape index (κ3) is 1.42. The molecule has 0 aliphatic heterocycles. The van der Waals surface area contributed by atoms with Crippen LogP contribution < -0.4 is 4.74 Å². The minimum absolute atomic E-state index is 0.0713. The van der Waals surface area contributed by atoms with Crippen molar-refractivity contribution in [2.75, 3.05) is 7.11 Å². The van der Waals surface area contributed by atoms with Gasteiger partial charge >= 0.3 is 5.97 Å². The summed E-state index contributed by atoms with van der Waals surface area (Å²) in [6, 6.07) is 4.28. The van der Waals surface area contributed by atoms with Gasteiger partial charge in [0, 0.05) is 5.39 Å². The Kier molecular flexibility index (Phi) is 2.36. The first-order chi connectivity index (χ1) is 7.67. The molecule has 5 heteroatoms. The number of furan rings is 1. The Balaban J connectivity index is 2.82. The van der Waals surface area contributed by atoms with Crippen molar-refractivity contribution in [1.82, 2.24) is 0 Å². The van der Waals surface area contributed by atoms with Crippen molar-refractivity contribution in [3.05, 3.63) is 29.5 Å². The molecule has 0 spiro atoms. The van der Waals surface area contributed by atoms with Gasteiger partial charge in [-0.25, -0.2) is 4.79 Å². The number of carboxylic acid groups (broad SMARTS) is 1. The van der Waals surface area contributed by atoms with Crippen molar-refractivity contribution in [2.24, 2.45) is 0 Å². The lowest BCUT2D eigenvalue weighted by Crippen LogP contribution is -1.97. The van der Waals surface area contributed by atoms with Gasteiger partial charge in [0.25, 0.3) is 0 Å². The van der Waals surface area contributed by atoms with Crippen molar-refractivity contribution in [1.29, 1.82) is 0 Å². The maximum absolute atomic E-state index is 10.9. The summed E-state index contributed by atoms with van der Waals surface area (Å²) < 4.78 is 10.2. The van der Waals surface area contributed by atoms with Gasteiger partial charge in [0.2, 0.25) is 0 Å². The second kappa shape index (κ2) is 3.69. The van der Waals surface area contributed by atoms with Gasteiger partial charge in [-0.3, -0.25) is 4.79 Å². The van der Waals surface area contributed by atoms with E-state index in [-0.39, 0.29) is 16.9 Å². The van der Waals surface area contributed by atoms with Crippen molar-refractivity contribution in [2.45, 2.75) is 0 Å². The number of hydrogen-bond donors (Lipinski definition) is 1. The molecule has 1 aromatic carbocycles. The maximum Gasteiger partial charge on any atom is 0.336 e. The molecule has 0 radical (unpaired) electrons. The summed E-state index contributed by atoms with van der Waals surface area (Å²) in [6.45, 7) is 0. The number of aldehydes is 1. The van der Waals surface area contributed by atoms with Crippen LogP contribution in [0.4, 0.5) is 0 Å². The molecule has 1 N–H and O–H groups in total. The van der Waals surface area contributed by atoms with E-state index < -0.39 is 5.97 Å². The van der Waals surface area contributed by atoms with E-state index >= 15 is 0 Å². The fourth-order valence-electron chi connectivity index (χ4n) is 1.52. The summed E-state index contributed by atoms with van der Waals surface area (Å²) in [7, 11) is 1.44. The van der Waals surface area contributed by atoms with Gasteiger partial charge < -0.3 is 14.3 Å². The molecule has 0 unspecified atom stereocenters. The number of rotatable bonds is 3. The molecule has 0 fully saturated rings. The Morgan fingerprint density at radius 1 is 1.50 bits per heavy atom. The molecule has 1 heterocycles. The van der Waals surface area contributed by atoms with Crippen LogP contribution in [0.15, 0.2) is 22.6 Å². The Hall–Kier alpha value is -2.30. The smallest absolute Gasteiger partial charge is 0.336 e. The van der Waals surface area contributed by atoms with E-state index in [1.54, 1.807) is 0 Å². The molecule has 5 nitrogen and oxygen atoms in total. The van der Waals surface area contributed by atoms with Crippen molar-refractivity contribution < 1.29 is 23.8 Å². The Morgan fingerprint density at radius 2 is 2.25 bits per heavy atom. The predicted octanol–water partition coefficient (Wildman–Crippen LogP) is 1.95. The third-order valence-electron chi connectivity index (χ3n) is 2.23. The van der Waals surface area contributed by atoms with E-state index in [0.29, 0.717) is 17.4 Å². The van der Waals surface area contributed by atoms with E-state index in [1.165, 1.54) is 25.3 Å². The summed E-state index contributed by atoms with van der Waals surface area (Å²) in [5.41, 5.74) is 0.345. The molecule has 0 amide bonds. The first-order valence-corrected chi connectivity index (χ1v) is 4.46. The minimum atomic E-state index is -1.08. The maximum atomic E-state index is 10.9. The Labute approximate surface area is 90.2 Å². The number of hydrogen-bond acceptors (Lipinski definition) is 4. The van der Waals surface area contributed by atoms with Gasteiger partial charge in [-0.1, -0.05) is 0 Å². The van der Waals surface area contributed by atoms with Crippen LogP contribution in [0.25, 0.3) is 11.0 Å². The van der Waals surface area contributed by atoms with E-state index in [1.807, 2.05) is 0 Å². The first kappa shape index (κ1) is 10.2. The highest BCUT2D eigenvalue weighted by Gasteiger charge is 2.16. The number of fused-ring (bicyclic) bond motifs is 1. The van der Waals surface area contributed by atoms with Crippen LogP contribution in [-0.2, 0) is 0 Å². The Bertz CT molecular complexity index is 567. The number of carboxylic acids is 1. The molecule has 82 valence electrons. The predicted molar refractivity (Wildman–Crippen MR) is 55.1 cm³/mol. The van der Waals surface area contributed by atoms with Crippen LogP contribution in [0.1, 0.15) is 20.9 Å². The summed E-state index contributed by atoms with van der Waals surface area (Å²) >= 11 is 0. The van der Waals surface area contributed by atoms with Crippen LogP contribution in [-0.4, -0.2) is 24.5 Å². The quantitative estimate of drug-likeness (QED) is 0.800. The summed E-state index contributed by atoms with van der Waals surface area (Å²) in [5.74, 6) is -0.610. The lowest BCUT2D eigenvalue weighted by Gasteiger charge is -2.01. The highest BCUT2D eigenvalue weighted by atomic mass is 16.5. The number of methoxy groups -OCH3 is 1. The van der Waals surface area contributed by atoms with Crippen LogP contribution >= 0.6 is 0 Å².